The second-order valence-electron chi connectivity index (χ2n) is 17.2. The van der Waals surface area contributed by atoms with Crippen LogP contribution in [0.4, 0.5) is 9.59 Å². The second kappa shape index (κ2) is 26.7. The van der Waals surface area contributed by atoms with Crippen LogP contribution in [0.5, 0.6) is 0 Å². The van der Waals surface area contributed by atoms with Crippen LogP contribution in [0, 0.1) is 6.92 Å². The van der Waals surface area contributed by atoms with E-state index < -0.39 is 106 Å². The van der Waals surface area contributed by atoms with Crippen molar-refractivity contribution in [1.29, 1.82) is 0 Å². The van der Waals surface area contributed by atoms with E-state index >= 15 is 0 Å². The van der Waals surface area contributed by atoms with Crippen molar-refractivity contribution in [3.63, 3.8) is 0 Å². The molecule has 1 fully saturated rings. The predicted octanol–water partition coefficient (Wildman–Crippen LogP) is 1.44. The summed E-state index contributed by atoms with van der Waals surface area (Å²) in [5, 5.41) is 22.6. The topological polar surface area (TPSA) is 349 Å². The Kier molecular flexibility index (Phi) is 22.0. The van der Waals surface area contributed by atoms with Crippen molar-refractivity contribution in [2.24, 2.45) is 16.5 Å². The van der Waals surface area contributed by atoms with Gasteiger partial charge in [0.1, 0.15) is 42.4 Å². The Bertz CT molecular complexity index is 2290. The van der Waals surface area contributed by atoms with Crippen LogP contribution in [0.2, 0.25) is 5.02 Å². The number of carboxylic acids is 1. The highest BCUT2D eigenvalue weighted by Crippen LogP contribution is 2.21. The van der Waals surface area contributed by atoms with Gasteiger partial charge in [-0.1, -0.05) is 47.5 Å². The number of benzene rings is 2. The molecular formula is C44H63ClN10O13S. The lowest BCUT2D eigenvalue weighted by molar-refractivity contribution is -0.143. The first-order valence-electron chi connectivity index (χ1n) is 22.1. The van der Waals surface area contributed by atoms with Gasteiger partial charge in [-0.05, 0) is 97.8 Å². The summed E-state index contributed by atoms with van der Waals surface area (Å²) in [7, 11) is -4.08. The van der Waals surface area contributed by atoms with Crippen molar-refractivity contribution >= 4 is 75.3 Å². The molecule has 1 aliphatic rings. The molecule has 380 valence electrons. The molecule has 0 unspecified atom stereocenters. The van der Waals surface area contributed by atoms with Gasteiger partial charge in [-0.15, -0.1) is 0 Å². The number of nitrogens with one attached hydrogen (secondary N) is 6. The minimum Gasteiger partial charge on any atom is -0.480 e. The Balaban J connectivity index is 1.66. The molecule has 0 bridgehead atoms. The van der Waals surface area contributed by atoms with E-state index in [9.17, 15) is 51.9 Å². The quantitative estimate of drug-likeness (QED) is 0.0408. The summed E-state index contributed by atoms with van der Waals surface area (Å²) < 4.78 is 38.1. The number of unbranched alkanes of at least 4 members (excludes halogenated alkanes) is 1. The molecule has 0 radical (unpaired) electrons. The highest BCUT2D eigenvalue weighted by atomic mass is 35.5. The Morgan fingerprint density at radius 1 is 0.870 bits per heavy atom. The first-order chi connectivity index (χ1) is 32.4. The summed E-state index contributed by atoms with van der Waals surface area (Å²) in [6, 6.07) is 6.11. The average Bonchev–Trinajstić information content (AvgIpc) is 3.75. The van der Waals surface area contributed by atoms with E-state index in [4.69, 9.17) is 32.5 Å². The zero-order valence-corrected chi connectivity index (χ0v) is 40.7. The number of guanidine groups is 1. The van der Waals surface area contributed by atoms with Crippen LogP contribution >= 0.6 is 11.6 Å². The van der Waals surface area contributed by atoms with Crippen LogP contribution in [0.3, 0.4) is 0 Å². The normalized spacial score (nSPS) is 15.6. The number of carbonyl (C=O) groups excluding carboxylic acids is 7. The summed E-state index contributed by atoms with van der Waals surface area (Å²) in [4.78, 5) is 109. The number of likely N-dealkylation sites (tertiary alicyclic amines) is 1. The Morgan fingerprint density at radius 3 is 2.16 bits per heavy atom. The third-order valence-electron chi connectivity index (χ3n) is 10.2. The molecule has 0 saturated carbocycles. The summed E-state index contributed by atoms with van der Waals surface area (Å²) >= 11 is 6.07. The second-order valence-corrected chi connectivity index (χ2v) is 19.3. The molecule has 1 heterocycles. The molecule has 0 spiro atoms. The maximum Gasteiger partial charge on any atom is 0.408 e. The lowest BCUT2D eigenvalue weighted by atomic mass is 10.1. The van der Waals surface area contributed by atoms with Crippen molar-refractivity contribution in [1.82, 2.24) is 36.2 Å². The van der Waals surface area contributed by atoms with Crippen molar-refractivity contribution in [2.45, 2.75) is 133 Å². The summed E-state index contributed by atoms with van der Waals surface area (Å²) in [6.45, 7) is 7.87. The first kappa shape index (κ1) is 56.6. The van der Waals surface area contributed by atoms with Gasteiger partial charge in [0.2, 0.25) is 35.5 Å². The van der Waals surface area contributed by atoms with E-state index in [0.29, 0.717) is 23.4 Å². The number of ether oxygens (including phenoxy) is 2. The van der Waals surface area contributed by atoms with Gasteiger partial charge in [-0.3, -0.25) is 29.0 Å². The highest BCUT2D eigenvalue weighted by molar-refractivity contribution is 7.90. The molecule has 25 heteroatoms. The minimum absolute atomic E-state index is 0.00928. The van der Waals surface area contributed by atoms with E-state index in [2.05, 4.69) is 36.3 Å². The number of aliphatic carboxylic acids is 1. The van der Waals surface area contributed by atoms with Gasteiger partial charge >= 0.3 is 18.2 Å². The van der Waals surface area contributed by atoms with E-state index in [1.54, 1.807) is 64.1 Å². The van der Waals surface area contributed by atoms with Crippen LogP contribution < -0.4 is 42.8 Å². The maximum atomic E-state index is 14.3. The number of aliphatic imine (C=N–C) groups is 1. The van der Waals surface area contributed by atoms with Gasteiger partial charge in [0.25, 0.3) is 10.0 Å². The number of carboxylic acid groups (broad SMARTS) is 1. The van der Waals surface area contributed by atoms with Gasteiger partial charge in [0, 0.05) is 30.2 Å². The van der Waals surface area contributed by atoms with Crippen LogP contribution in [0.25, 0.3) is 0 Å². The van der Waals surface area contributed by atoms with Gasteiger partial charge in [-0.2, -0.15) is 0 Å². The number of rotatable bonds is 24. The predicted molar refractivity (Wildman–Crippen MR) is 252 cm³/mol. The summed E-state index contributed by atoms with van der Waals surface area (Å²) in [5.74, 6) is -6.05. The molecule has 0 aliphatic carbocycles. The van der Waals surface area contributed by atoms with E-state index in [-0.39, 0.29) is 63.2 Å². The molecule has 11 N–H and O–H groups in total. The maximum absolute atomic E-state index is 14.3. The van der Waals surface area contributed by atoms with Crippen LogP contribution in [-0.4, -0.2) is 128 Å². The molecular weight excluding hydrogens is 944 g/mol. The fraction of sp³-hybridized carbons (Fsp3) is 0.523. The Hall–Kier alpha value is -6.69. The number of amides is 7. The number of hydrogen-bond donors (Lipinski definition) is 9. The number of carbonyl (C=O) groups is 8. The molecule has 7 amide bonds. The molecule has 69 heavy (non-hydrogen) atoms. The smallest absolute Gasteiger partial charge is 0.408 e. The fourth-order valence-corrected chi connectivity index (χ4v) is 7.88. The number of nitrogens with zero attached hydrogens (tertiary/aromatic N) is 2. The van der Waals surface area contributed by atoms with Gasteiger partial charge in [0.05, 0.1) is 11.3 Å². The van der Waals surface area contributed by atoms with Crippen LogP contribution in [-0.2, 0) is 54.9 Å². The van der Waals surface area contributed by atoms with Crippen molar-refractivity contribution in [2.75, 3.05) is 19.6 Å². The molecule has 3 rings (SSSR count). The molecule has 1 saturated heterocycles. The zero-order valence-electron chi connectivity index (χ0n) is 39.2. The molecule has 2 aromatic carbocycles. The van der Waals surface area contributed by atoms with E-state index in [0.717, 1.165) is 5.56 Å². The Labute approximate surface area is 405 Å². The first-order valence-corrected chi connectivity index (χ1v) is 24.0. The van der Waals surface area contributed by atoms with Crippen molar-refractivity contribution in [3.8, 4) is 0 Å². The number of alkyl carbamates (subject to hydrolysis) is 2. The van der Waals surface area contributed by atoms with Crippen molar-refractivity contribution < 1.29 is 61.4 Å². The average molecular weight is 1010 g/mol. The number of nitrogens with two attached hydrogens (primary N) is 2. The van der Waals surface area contributed by atoms with Crippen LogP contribution in [0.15, 0.2) is 58.4 Å². The monoisotopic (exact) mass is 1010 g/mol. The molecule has 1 aliphatic heterocycles. The molecule has 2 aromatic rings. The number of hydrogen-bond acceptors (Lipinski definition) is 13. The number of halogens is 1. The number of primary amides is 1. The van der Waals surface area contributed by atoms with Gasteiger partial charge in [0.15, 0.2) is 0 Å². The zero-order chi connectivity index (χ0) is 51.5. The van der Waals surface area contributed by atoms with Gasteiger partial charge < -0.3 is 57.5 Å². The number of sulfonamides is 1. The Morgan fingerprint density at radius 2 is 1.52 bits per heavy atom. The largest absolute Gasteiger partial charge is 0.480 e. The van der Waals surface area contributed by atoms with Crippen molar-refractivity contribution in [3.05, 3.63) is 64.7 Å². The molecule has 23 nitrogen and oxygen atoms in total. The molecule has 0 aromatic heterocycles. The highest BCUT2D eigenvalue weighted by Gasteiger charge is 2.39. The SMILES string of the molecule is Cc1ccc(S(=O)(=O)NC(N)=NCCC[C@H](NC(=O)[C@H](CC(N)=O)NC(=O)OC(C)(C)C)C(=O)N2CCC[C@H]2C(=O)N[C@@H](C)C(=O)N[C@@H](CCCCNC(=O)OCc2ccccc2Cl)C(=O)O)cc1. The van der Waals surface area contributed by atoms with Crippen LogP contribution in [0.1, 0.15) is 90.2 Å². The lowest BCUT2D eigenvalue weighted by Crippen LogP contribution is -2.58. The van der Waals surface area contributed by atoms with Gasteiger partial charge in [-0.25, -0.2) is 27.5 Å². The minimum atomic E-state index is -4.08. The lowest BCUT2D eigenvalue weighted by Gasteiger charge is -2.30. The van der Waals surface area contributed by atoms with E-state index in [1.807, 2.05) is 0 Å². The molecule has 5 atom stereocenters. The summed E-state index contributed by atoms with van der Waals surface area (Å²) in [5.41, 5.74) is 11.7. The standard InChI is InChI=1S/C44H63ClN10O13S/c1-26-17-19-29(20-18-26)69(65,66)54-41(47)48-22-10-15-31(51-37(58)33(24-35(46)56)53-43(64)68-44(3,4)5)39(60)55-23-11-16-34(55)38(59)50-27(2)36(57)52-32(40(61)62)14-8-9-21-49-42(63)67-25-28-12-6-7-13-30(28)45/h6-7,12-13,17-20,27,31-34H,8-11,14-16,21-25H2,1-5H3,(H2,46,56)(H,49,63)(H,50,59)(H,51,58)(H,52,57)(H,53,64)(H,61,62)(H3,47,48,54)/t27-,31-,32-,33-,34-/m0/s1. The van der Waals surface area contributed by atoms with E-state index in [1.165, 1.54) is 24.0 Å². The third-order valence-corrected chi connectivity index (χ3v) is 12.0. The summed E-state index contributed by atoms with van der Waals surface area (Å²) in [6.07, 6.45) is -1.44. The fourth-order valence-electron chi connectivity index (χ4n) is 6.74. The number of aryl methyl sites for hydroxylation is 1. The third kappa shape index (κ3) is 19.8.